The molecule has 2 rings (SSSR count). The molecule has 4 heteroatoms. The Bertz CT molecular complexity index is 596. The van der Waals surface area contributed by atoms with Crippen LogP contribution in [0, 0.1) is 5.82 Å². The lowest BCUT2D eigenvalue weighted by molar-refractivity contribution is -0.121. The highest BCUT2D eigenvalue weighted by molar-refractivity contribution is 5.82. The van der Waals surface area contributed by atoms with Gasteiger partial charge in [-0.1, -0.05) is 42.5 Å². The van der Waals surface area contributed by atoms with Crippen molar-refractivity contribution >= 4 is 12.1 Å². The molecule has 0 saturated carbocycles. The fraction of sp³-hybridized carbons (Fsp3) is 0.125. The zero-order valence-corrected chi connectivity index (χ0v) is 10.9. The van der Waals surface area contributed by atoms with Gasteiger partial charge in [0.1, 0.15) is 5.82 Å². The third-order valence-electron chi connectivity index (χ3n) is 2.74. The molecule has 0 aliphatic heterocycles. The lowest BCUT2D eigenvalue weighted by Gasteiger charge is -2.00. The first-order valence-corrected chi connectivity index (χ1v) is 6.35. The van der Waals surface area contributed by atoms with E-state index in [1.807, 2.05) is 30.3 Å². The second-order valence-electron chi connectivity index (χ2n) is 4.33. The molecule has 0 fully saturated rings. The average Bonchev–Trinajstić information content (AvgIpc) is 2.46. The second kappa shape index (κ2) is 7.19. The molecule has 102 valence electrons. The largest absolute Gasteiger partial charge is 0.273 e. The Labute approximate surface area is 117 Å². The summed E-state index contributed by atoms with van der Waals surface area (Å²) in [7, 11) is 0. The molecule has 0 bridgehead atoms. The van der Waals surface area contributed by atoms with Crippen LogP contribution in [0.5, 0.6) is 0 Å². The summed E-state index contributed by atoms with van der Waals surface area (Å²) in [4.78, 5) is 11.6. The van der Waals surface area contributed by atoms with E-state index in [1.54, 1.807) is 12.1 Å². The first-order valence-electron chi connectivity index (χ1n) is 6.35. The third-order valence-corrected chi connectivity index (χ3v) is 2.74. The first kappa shape index (κ1) is 13.9. The zero-order valence-electron chi connectivity index (χ0n) is 10.9. The van der Waals surface area contributed by atoms with Crippen molar-refractivity contribution in [3.8, 4) is 0 Å². The van der Waals surface area contributed by atoms with Crippen molar-refractivity contribution in [2.45, 2.75) is 12.8 Å². The molecule has 1 N–H and O–H groups in total. The summed E-state index contributed by atoms with van der Waals surface area (Å²) in [5.41, 5.74) is 4.14. The molecule has 3 nitrogen and oxygen atoms in total. The van der Waals surface area contributed by atoms with E-state index >= 15 is 0 Å². The number of benzene rings is 2. The summed E-state index contributed by atoms with van der Waals surface area (Å²) in [5, 5.41) is 3.80. The van der Waals surface area contributed by atoms with Gasteiger partial charge < -0.3 is 0 Å². The van der Waals surface area contributed by atoms with Crippen molar-refractivity contribution in [3.63, 3.8) is 0 Å². The summed E-state index contributed by atoms with van der Waals surface area (Å²) in [6.07, 6.45) is 2.45. The molecular weight excluding hydrogens is 255 g/mol. The lowest BCUT2D eigenvalue weighted by Crippen LogP contribution is -2.17. The van der Waals surface area contributed by atoms with E-state index in [9.17, 15) is 9.18 Å². The molecule has 20 heavy (non-hydrogen) atoms. The number of hydrazone groups is 1. The van der Waals surface area contributed by atoms with Crippen LogP contribution in [0.15, 0.2) is 59.7 Å². The Balaban J connectivity index is 1.78. The Morgan fingerprint density at radius 2 is 1.95 bits per heavy atom. The molecule has 0 atom stereocenters. The van der Waals surface area contributed by atoms with Crippen molar-refractivity contribution in [1.29, 1.82) is 0 Å². The van der Waals surface area contributed by atoms with Crippen LogP contribution in [0.4, 0.5) is 4.39 Å². The predicted octanol–water partition coefficient (Wildman–Crippen LogP) is 2.91. The molecule has 2 aromatic carbocycles. The third kappa shape index (κ3) is 4.65. The summed E-state index contributed by atoms with van der Waals surface area (Å²) < 4.78 is 12.9. The second-order valence-corrected chi connectivity index (χ2v) is 4.33. The van der Waals surface area contributed by atoms with Gasteiger partial charge in [0.15, 0.2) is 0 Å². The van der Waals surface area contributed by atoms with Gasteiger partial charge >= 0.3 is 0 Å². The van der Waals surface area contributed by atoms with Gasteiger partial charge in [-0.3, -0.25) is 4.79 Å². The van der Waals surface area contributed by atoms with Crippen molar-refractivity contribution in [2.24, 2.45) is 5.10 Å². The van der Waals surface area contributed by atoms with Crippen LogP contribution in [0.1, 0.15) is 17.5 Å². The van der Waals surface area contributed by atoms with Gasteiger partial charge in [0.2, 0.25) is 5.91 Å². The van der Waals surface area contributed by atoms with E-state index in [-0.39, 0.29) is 11.7 Å². The van der Waals surface area contributed by atoms with Crippen LogP contribution in [-0.4, -0.2) is 12.1 Å². The van der Waals surface area contributed by atoms with Gasteiger partial charge in [-0.05, 0) is 29.7 Å². The maximum Gasteiger partial charge on any atom is 0.240 e. The molecule has 0 radical (unpaired) electrons. The van der Waals surface area contributed by atoms with Gasteiger partial charge in [-0.15, -0.1) is 0 Å². The van der Waals surface area contributed by atoms with Crippen LogP contribution in [-0.2, 0) is 11.2 Å². The number of rotatable bonds is 5. The minimum absolute atomic E-state index is 0.165. The quantitative estimate of drug-likeness (QED) is 0.658. The van der Waals surface area contributed by atoms with Gasteiger partial charge in [0.25, 0.3) is 0 Å². The number of nitrogens with one attached hydrogen (secondary N) is 1. The first-order chi connectivity index (χ1) is 9.74. The fourth-order valence-electron chi connectivity index (χ4n) is 1.72. The van der Waals surface area contributed by atoms with Gasteiger partial charge in [0, 0.05) is 6.42 Å². The molecule has 0 unspecified atom stereocenters. The van der Waals surface area contributed by atoms with Crippen molar-refractivity contribution < 1.29 is 9.18 Å². The number of aryl methyl sites for hydroxylation is 1. The van der Waals surface area contributed by atoms with Crippen LogP contribution >= 0.6 is 0 Å². The maximum absolute atomic E-state index is 12.9. The predicted molar refractivity (Wildman–Crippen MR) is 76.9 cm³/mol. The smallest absolute Gasteiger partial charge is 0.240 e. The average molecular weight is 270 g/mol. The van der Waals surface area contributed by atoms with E-state index in [0.717, 1.165) is 5.56 Å². The van der Waals surface area contributed by atoms with Crippen LogP contribution < -0.4 is 5.43 Å². The standard InChI is InChI=1S/C16H15FN2O/c17-15-8-4-7-14(11-15)12-18-19-16(20)10-9-13-5-2-1-3-6-13/h1-8,11-12H,9-10H2,(H,19,20). The molecule has 0 saturated heterocycles. The van der Waals surface area contributed by atoms with Crippen LogP contribution in [0.25, 0.3) is 0 Å². The maximum atomic E-state index is 12.9. The normalized spacial score (nSPS) is 10.7. The zero-order chi connectivity index (χ0) is 14.2. The summed E-state index contributed by atoms with van der Waals surface area (Å²) in [6.45, 7) is 0. The molecule has 0 heterocycles. The van der Waals surface area contributed by atoms with Crippen LogP contribution in [0.2, 0.25) is 0 Å². The number of hydrogen-bond donors (Lipinski definition) is 1. The molecule has 0 aliphatic carbocycles. The highest BCUT2D eigenvalue weighted by atomic mass is 19.1. The number of carbonyl (C=O) groups excluding carboxylic acids is 1. The highest BCUT2D eigenvalue weighted by Crippen LogP contribution is 2.02. The minimum Gasteiger partial charge on any atom is -0.273 e. The number of halogens is 1. The number of carbonyl (C=O) groups is 1. The molecule has 1 amide bonds. The molecular formula is C16H15FN2O. The van der Waals surface area contributed by atoms with Crippen molar-refractivity contribution in [3.05, 3.63) is 71.5 Å². The highest BCUT2D eigenvalue weighted by Gasteiger charge is 2.00. The van der Waals surface area contributed by atoms with Gasteiger partial charge in [-0.2, -0.15) is 5.10 Å². The van der Waals surface area contributed by atoms with E-state index in [4.69, 9.17) is 0 Å². The molecule has 0 spiro atoms. The Kier molecular flexibility index (Phi) is 5.00. The summed E-state index contributed by atoms with van der Waals surface area (Å²) >= 11 is 0. The SMILES string of the molecule is O=C(CCc1ccccc1)NN=Cc1cccc(F)c1. The topological polar surface area (TPSA) is 41.5 Å². The number of hydrogen-bond acceptors (Lipinski definition) is 2. The van der Waals surface area contributed by atoms with Crippen molar-refractivity contribution in [2.75, 3.05) is 0 Å². The molecule has 0 aliphatic rings. The van der Waals surface area contributed by atoms with Crippen molar-refractivity contribution in [1.82, 2.24) is 5.43 Å². The fourth-order valence-corrected chi connectivity index (χ4v) is 1.72. The number of amides is 1. The summed E-state index contributed by atoms with van der Waals surface area (Å²) in [5.74, 6) is -0.495. The van der Waals surface area contributed by atoms with Gasteiger partial charge in [-0.25, -0.2) is 9.82 Å². The lowest BCUT2D eigenvalue weighted by atomic mass is 10.1. The van der Waals surface area contributed by atoms with Crippen LogP contribution in [0.3, 0.4) is 0 Å². The summed E-state index contributed by atoms with van der Waals surface area (Å²) in [6, 6.07) is 15.8. The van der Waals surface area contributed by atoms with E-state index in [1.165, 1.54) is 18.3 Å². The minimum atomic E-state index is -0.329. The monoisotopic (exact) mass is 270 g/mol. The molecule has 2 aromatic rings. The molecule has 0 aromatic heterocycles. The van der Waals surface area contributed by atoms with E-state index in [2.05, 4.69) is 10.5 Å². The number of nitrogens with zero attached hydrogens (tertiary/aromatic N) is 1. The van der Waals surface area contributed by atoms with Gasteiger partial charge in [0.05, 0.1) is 6.21 Å². The van der Waals surface area contributed by atoms with E-state index in [0.29, 0.717) is 18.4 Å². The van der Waals surface area contributed by atoms with E-state index < -0.39 is 0 Å². The Morgan fingerprint density at radius 1 is 1.15 bits per heavy atom. The Morgan fingerprint density at radius 3 is 2.70 bits per heavy atom. The Hall–Kier alpha value is -2.49.